The van der Waals surface area contributed by atoms with Gasteiger partial charge in [0.25, 0.3) is 5.91 Å². The Kier molecular flexibility index (Phi) is 3.53. The van der Waals surface area contributed by atoms with Crippen LogP contribution in [0.25, 0.3) is 0 Å². The van der Waals surface area contributed by atoms with Crippen molar-refractivity contribution < 1.29 is 9.53 Å². The lowest BCUT2D eigenvalue weighted by Gasteiger charge is -2.31. The second kappa shape index (κ2) is 5.31. The van der Waals surface area contributed by atoms with E-state index in [4.69, 9.17) is 4.74 Å². The quantitative estimate of drug-likeness (QED) is 0.866. The third-order valence-corrected chi connectivity index (χ3v) is 4.15. The number of ether oxygens (including phenoxy) is 1. The first kappa shape index (κ1) is 12.6. The average molecular weight is 260 g/mol. The molecule has 2 unspecified atom stereocenters. The van der Waals surface area contributed by atoms with Crippen molar-refractivity contribution in [3.8, 4) is 0 Å². The molecule has 0 aromatic heterocycles. The van der Waals surface area contributed by atoms with Crippen molar-refractivity contribution in [2.45, 2.75) is 25.0 Å². The minimum absolute atomic E-state index is 0.0841. The molecule has 1 saturated heterocycles. The molecule has 0 aliphatic carbocycles. The summed E-state index contributed by atoms with van der Waals surface area (Å²) in [6.07, 6.45) is 1.50. The molecular formula is C15H20N2O2. The Hall–Kier alpha value is -1.39. The van der Waals surface area contributed by atoms with Gasteiger partial charge in [-0.25, -0.2) is 0 Å². The van der Waals surface area contributed by atoms with Gasteiger partial charge < -0.3 is 15.0 Å². The van der Waals surface area contributed by atoms with Crippen LogP contribution in [0.2, 0.25) is 0 Å². The van der Waals surface area contributed by atoms with E-state index < -0.39 is 6.10 Å². The monoisotopic (exact) mass is 260 g/mol. The summed E-state index contributed by atoms with van der Waals surface area (Å²) >= 11 is 0. The molecule has 0 bridgehead atoms. The van der Waals surface area contributed by atoms with E-state index in [0.717, 1.165) is 31.5 Å². The van der Waals surface area contributed by atoms with Gasteiger partial charge in [0.05, 0.1) is 6.61 Å². The van der Waals surface area contributed by atoms with Gasteiger partial charge in [-0.1, -0.05) is 24.3 Å². The second-order valence-corrected chi connectivity index (χ2v) is 5.30. The predicted molar refractivity (Wildman–Crippen MR) is 72.9 cm³/mol. The van der Waals surface area contributed by atoms with Gasteiger partial charge in [-0.3, -0.25) is 4.79 Å². The van der Waals surface area contributed by atoms with Gasteiger partial charge in [0.1, 0.15) is 0 Å². The van der Waals surface area contributed by atoms with E-state index >= 15 is 0 Å². The van der Waals surface area contributed by atoms with E-state index in [2.05, 4.69) is 11.4 Å². The minimum atomic E-state index is -0.421. The molecule has 1 aromatic carbocycles. The van der Waals surface area contributed by atoms with Gasteiger partial charge in [-0.2, -0.15) is 0 Å². The van der Waals surface area contributed by atoms with Crippen molar-refractivity contribution in [1.82, 2.24) is 10.2 Å². The molecular weight excluding hydrogens is 240 g/mol. The summed E-state index contributed by atoms with van der Waals surface area (Å²) in [7, 11) is 1.89. The SMILES string of the molecule is CN(C(=O)C1OCCc2ccccc21)C1CCNC1. The number of hydrogen-bond donors (Lipinski definition) is 1. The Morgan fingerprint density at radius 1 is 1.42 bits per heavy atom. The summed E-state index contributed by atoms with van der Waals surface area (Å²) in [5, 5.41) is 3.30. The van der Waals surface area contributed by atoms with Gasteiger partial charge in [0.2, 0.25) is 0 Å². The van der Waals surface area contributed by atoms with Gasteiger partial charge in [0.15, 0.2) is 6.10 Å². The Morgan fingerprint density at radius 3 is 3.05 bits per heavy atom. The van der Waals surface area contributed by atoms with Crippen LogP contribution >= 0.6 is 0 Å². The molecule has 1 N–H and O–H groups in total. The maximum Gasteiger partial charge on any atom is 0.256 e. The first-order valence-corrected chi connectivity index (χ1v) is 6.94. The van der Waals surface area contributed by atoms with Crippen LogP contribution in [0, 0.1) is 0 Å². The van der Waals surface area contributed by atoms with Crippen LogP contribution in [-0.2, 0) is 16.0 Å². The number of benzene rings is 1. The van der Waals surface area contributed by atoms with Crippen molar-refractivity contribution in [3.05, 3.63) is 35.4 Å². The fraction of sp³-hybridized carbons (Fsp3) is 0.533. The Bertz CT molecular complexity index is 469. The largest absolute Gasteiger partial charge is 0.363 e. The van der Waals surface area contributed by atoms with E-state index in [9.17, 15) is 4.79 Å². The molecule has 19 heavy (non-hydrogen) atoms. The maximum atomic E-state index is 12.6. The molecule has 1 fully saturated rings. The van der Waals surface area contributed by atoms with E-state index in [1.165, 1.54) is 5.56 Å². The van der Waals surface area contributed by atoms with Crippen molar-refractivity contribution in [2.24, 2.45) is 0 Å². The maximum absolute atomic E-state index is 12.6. The summed E-state index contributed by atoms with van der Waals surface area (Å²) in [5.74, 6) is 0.0841. The summed E-state index contributed by atoms with van der Waals surface area (Å²) in [6, 6.07) is 8.40. The molecule has 0 saturated carbocycles. The van der Waals surface area contributed by atoms with Gasteiger partial charge in [0, 0.05) is 19.6 Å². The van der Waals surface area contributed by atoms with E-state index in [-0.39, 0.29) is 5.91 Å². The molecule has 4 nitrogen and oxygen atoms in total. The van der Waals surface area contributed by atoms with Gasteiger partial charge in [-0.05, 0) is 30.5 Å². The lowest BCUT2D eigenvalue weighted by atomic mass is 9.96. The zero-order valence-corrected chi connectivity index (χ0v) is 11.3. The van der Waals surface area contributed by atoms with E-state index in [1.807, 2.05) is 30.1 Å². The highest BCUT2D eigenvalue weighted by Gasteiger charge is 2.33. The van der Waals surface area contributed by atoms with Crippen LogP contribution < -0.4 is 5.32 Å². The fourth-order valence-electron chi connectivity index (χ4n) is 2.93. The van der Waals surface area contributed by atoms with Crippen LogP contribution in [0.5, 0.6) is 0 Å². The van der Waals surface area contributed by atoms with Crippen LogP contribution in [0.3, 0.4) is 0 Å². The molecule has 0 radical (unpaired) electrons. The van der Waals surface area contributed by atoms with Crippen LogP contribution in [0.1, 0.15) is 23.7 Å². The highest BCUT2D eigenvalue weighted by molar-refractivity contribution is 5.83. The lowest BCUT2D eigenvalue weighted by molar-refractivity contribution is -0.145. The Labute approximate surface area is 113 Å². The summed E-state index contributed by atoms with van der Waals surface area (Å²) in [5.41, 5.74) is 2.28. The number of nitrogens with one attached hydrogen (secondary N) is 1. The Balaban J connectivity index is 1.80. The lowest BCUT2D eigenvalue weighted by Crippen LogP contribution is -2.42. The van der Waals surface area contributed by atoms with Crippen molar-refractivity contribution >= 4 is 5.91 Å². The minimum Gasteiger partial charge on any atom is -0.363 e. The summed E-state index contributed by atoms with van der Waals surface area (Å²) < 4.78 is 5.74. The number of carbonyl (C=O) groups excluding carboxylic acids is 1. The average Bonchev–Trinajstić information content (AvgIpc) is 2.99. The zero-order chi connectivity index (χ0) is 13.2. The third kappa shape index (κ3) is 2.38. The number of carbonyl (C=O) groups is 1. The van der Waals surface area contributed by atoms with Crippen molar-refractivity contribution in [3.63, 3.8) is 0 Å². The molecule has 1 amide bonds. The predicted octanol–water partition coefficient (Wildman–Crippen LogP) is 1.12. The van der Waals surface area contributed by atoms with Crippen LogP contribution in [0.15, 0.2) is 24.3 Å². The van der Waals surface area contributed by atoms with Crippen molar-refractivity contribution in [1.29, 1.82) is 0 Å². The standard InChI is InChI=1S/C15H20N2O2/c1-17(12-6-8-16-10-12)15(18)14-13-5-3-2-4-11(13)7-9-19-14/h2-5,12,14,16H,6-10H2,1H3. The molecule has 2 heterocycles. The molecule has 2 aliphatic heterocycles. The molecule has 1 aromatic rings. The summed E-state index contributed by atoms with van der Waals surface area (Å²) in [4.78, 5) is 14.5. The highest BCUT2D eigenvalue weighted by atomic mass is 16.5. The molecule has 3 rings (SSSR count). The van der Waals surface area contributed by atoms with Gasteiger partial charge >= 0.3 is 0 Å². The highest BCUT2D eigenvalue weighted by Crippen LogP contribution is 2.29. The van der Waals surface area contributed by atoms with E-state index in [0.29, 0.717) is 12.6 Å². The Morgan fingerprint density at radius 2 is 2.26 bits per heavy atom. The molecule has 0 spiro atoms. The molecule has 102 valence electrons. The number of amides is 1. The number of likely N-dealkylation sites (N-methyl/N-ethyl adjacent to an activating group) is 1. The number of fused-ring (bicyclic) bond motifs is 1. The van der Waals surface area contributed by atoms with E-state index in [1.54, 1.807) is 0 Å². The van der Waals surface area contributed by atoms with Gasteiger partial charge in [-0.15, -0.1) is 0 Å². The zero-order valence-electron chi connectivity index (χ0n) is 11.3. The third-order valence-electron chi connectivity index (χ3n) is 4.15. The normalized spacial score (nSPS) is 25.9. The van der Waals surface area contributed by atoms with Crippen LogP contribution in [-0.4, -0.2) is 43.6 Å². The molecule has 4 heteroatoms. The first-order valence-electron chi connectivity index (χ1n) is 6.94. The molecule has 2 aliphatic rings. The first-order chi connectivity index (χ1) is 9.27. The number of nitrogens with zero attached hydrogens (tertiary/aromatic N) is 1. The smallest absolute Gasteiger partial charge is 0.256 e. The van der Waals surface area contributed by atoms with Crippen molar-refractivity contribution in [2.75, 3.05) is 26.7 Å². The van der Waals surface area contributed by atoms with Crippen LogP contribution in [0.4, 0.5) is 0 Å². The molecule has 2 atom stereocenters. The summed E-state index contributed by atoms with van der Waals surface area (Å²) in [6.45, 7) is 2.51. The fourth-order valence-corrected chi connectivity index (χ4v) is 2.93. The number of hydrogen-bond acceptors (Lipinski definition) is 3. The second-order valence-electron chi connectivity index (χ2n) is 5.30. The number of rotatable bonds is 2. The topological polar surface area (TPSA) is 41.6 Å².